The maximum atomic E-state index is 12.9. The SMILES string of the molecule is CC(c1nc(CCc2ccccc2)nn1CC(F)(F)F)n1cncn1. The number of halogens is 3. The molecule has 0 saturated heterocycles. The summed E-state index contributed by atoms with van der Waals surface area (Å²) in [5, 5.41) is 8.04. The standard InChI is InChI=1S/C16H17F3N6/c1-12(25-11-20-10-21-25)15-22-14(23-24(15)9-16(17,18)19)8-7-13-5-3-2-4-6-13/h2-6,10-12H,7-9H2,1H3. The number of benzene rings is 1. The molecule has 9 heteroatoms. The third-order valence-corrected chi connectivity index (χ3v) is 3.76. The van der Waals surface area contributed by atoms with Crippen LogP contribution in [0.4, 0.5) is 13.2 Å². The smallest absolute Gasteiger partial charge is 0.243 e. The Morgan fingerprint density at radius 1 is 1.12 bits per heavy atom. The normalized spacial score (nSPS) is 13.1. The summed E-state index contributed by atoms with van der Waals surface area (Å²) in [6.07, 6.45) is -0.473. The molecule has 0 saturated carbocycles. The lowest BCUT2D eigenvalue weighted by atomic mass is 10.1. The molecule has 1 aromatic carbocycles. The zero-order chi connectivity index (χ0) is 17.9. The van der Waals surface area contributed by atoms with Crippen LogP contribution in [0.15, 0.2) is 43.0 Å². The molecule has 0 aliphatic carbocycles. The van der Waals surface area contributed by atoms with Crippen molar-refractivity contribution in [2.75, 3.05) is 0 Å². The molecule has 25 heavy (non-hydrogen) atoms. The molecule has 132 valence electrons. The van der Waals surface area contributed by atoms with Gasteiger partial charge in [-0.2, -0.15) is 23.4 Å². The Hall–Kier alpha value is -2.71. The molecule has 0 N–H and O–H groups in total. The summed E-state index contributed by atoms with van der Waals surface area (Å²) in [6.45, 7) is 0.534. The average Bonchev–Trinajstić information content (AvgIpc) is 3.22. The Bertz CT molecular complexity index is 795. The highest BCUT2D eigenvalue weighted by Gasteiger charge is 2.31. The Morgan fingerprint density at radius 2 is 1.88 bits per heavy atom. The van der Waals surface area contributed by atoms with Crippen molar-refractivity contribution in [2.45, 2.75) is 38.5 Å². The number of alkyl halides is 3. The van der Waals surface area contributed by atoms with E-state index in [-0.39, 0.29) is 5.82 Å². The molecule has 0 aliphatic heterocycles. The van der Waals surface area contributed by atoms with Gasteiger partial charge in [-0.1, -0.05) is 30.3 Å². The van der Waals surface area contributed by atoms with Crippen LogP contribution in [0.1, 0.15) is 30.2 Å². The largest absolute Gasteiger partial charge is 0.408 e. The van der Waals surface area contributed by atoms with Crippen LogP contribution >= 0.6 is 0 Å². The number of hydrogen-bond donors (Lipinski definition) is 0. The first kappa shape index (κ1) is 17.1. The number of aromatic nitrogens is 6. The van der Waals surface area contributed by atoms with Crippen molar-refractivity contribution >= 4 is 0 Å². The molecule has 6 nitrogen and oxygen atoms in total. The second kappa shape index (κ2) is 7.04. The summed E-state index contributed by atoms with van der Waals surface area (Å²) in [7, 11) is 0. The monoisotopic (exact) mass is 350 g/mol. The molecule has 3 rings (SSSR count). The molecule has 0 bridgehead atoms. The molecule has 0 aliphatic rings. The first-order valence-electron chi connectivity index (χ1n) is 7.81. The lowest BCUT2D eigenvalue weighted by Crippen LogP contribution is -2.23. The summed E-state index contributed by atoms with van der Waals surface area (Å²) in [4.78, 5) is 8.16. The van der Waals surface area contributed by atoms with E-state index in [4.69, 9.17) is 0 Å². The van der Waals surface area contributed by atoms with E-state index in [1.54, 1.807) is 6.92 Å². The summed E-state index contributed by atoms with van der Waals surface area (Å²) in [6, 6.07) is 9.18. The third kappa shape index (κ3) is 4.43. The van der Waals surface area contributed by atoms with Crippen molar-refractivity contribution < 1.29 is 13.2 Å². The van der Waals surface area contributed by atoms with Crippen molar-refractivity contribution in [3.63, 3.8) is 0 Å². The molecule has 2 heterocycles. The molecule has 1 atom stereocenters. The van der Waals surface area contributed by atoms with E-state index in [0.717, 1.165) is 10.2 Å². The van der Waals surface area contributed by atoms with E-state index >= 15 is 0 Å². The minimum Gasteiger partial charge on any atom is -0.243 e. The van der Waals surface area contributed by atoms with Crippen molar-refractivity contribution in [3.8, 4) is 0 Å². The molecule has 0 spiro atoms. The van der Waals surface area contributed by atoms with Crippen LogP contribution in [0.5, 0.6) is 0 Å². The minimum atomic E-state index is -4.37. The van der Waals surface area contributed by atoms with Crippen molar-refractivity contribution in [1.82, 2.24) is 29.5 Å². The van der Waals surface area contributed by atoms with E-state index < -0.39 is 18.8 Å². The first-order valence-corrected chi connectivity index (χ1v) is 7.81. The first-order chi connectivity index (χ1) is 11.9. The predicted octanol–water partition coefficient (Wildman–Crippen LogP) is 2.83. The Morgan fingerprint density at radius 3 is 2.52 bits per heavy atom. The maximum absolute atomic E-state index is 12.9. The van der Waals surface area contributed by atoms with Gasteiger partial charge >= 0.3 is 6.18 Å². The van der Waals surface area contributed by atoms with Crippen LogP contribution in [-0.4, -0.2) is 35.7 Å². The zero-order valence-corrected chi connectivity index (χ0v) is 13.6. The quantitative estimate of drug-likeness (QED) is 0.686. The third-order valence-electron chi connectivity index (χ3n) is 3.76. The summed E-state index contributed by atoms with van der Waals surface area (Å²) < 4.78 is 41.0. The van der Waals surface area contributed by atoms with Gasteiger partial charge in [0.15, 0.2) is 11.6 Å². The minimum absolute atomic E-state index is 0.214. The van der Waals surface area contributed by atoms with E-state index in [1.807, 2.05) is 30.3 Å². The van der Waals surface area contributed by atoms with E-state index in [1.165, 1.54) is 17.3 Å². The molecular formula is C16H17F3N6. The lowest BCUT2D eigenvalue weighted by molar-refractivity contribution is -0.143. The summed E-state index contributed by atoms with van der Waals surface area (Å²) in [5.41, 5.74) is 1.08. The van der Waals surface area contributed by atoms with Gasteiger partial charge in [0.25, 0.3) is 0 Å². The van der Waals surface area contributed by atoms with Crippen LogP contribution in [0.25, 0.3) is 0 Å². The van der Waals surface area contributed by atoms with E-state index in [9.17, 15) is 13.2 Å². The predicted molar refractivity (Wildman–Crippen MR) is 83.8 cm³/mol. The fraction of sp³-hybridized carbons (Fsp3) is 0.375. The van der Waals surface area contributed by atoms with Gasteiger partial charge < -0.3 is 0 Å². The number of nitrogens with zero attached hydrogens (tertiary/aromatic N) is 6. The van der Waals surface area contributed by atoms with Gasteiger partial charge in [0.05, 0.1) is 0 Å². The van der Waals surface area contributed by atoms with Gasteiger partial charge in [0, 0.05) is 6.42 Å². The Kier molecular flexibility index (Phi) is 4.82. The lowest BCUT2D eigenvalue weighted by Gasteiger charge is -2.13. The van der Waals surface area contributed by atoms with Gasteiger partial charge in [-0.3, -0.25) is 0 Å². The fourth-order valence-electron chi connectivity index (χ4n) is 2.54. The van der Waals surface area contributed by atoms with Crippen molar-refractivity contribution in [3.05, 3.63) is 60.2 Å². The second-order valence-electron chi connectivity index (χ2n) is 5.70. The van der Waals surface area contributed by atoms with Crippen molar-refractivity contribution in [2.24, 2.45) is 0 Å². The van der Waals surface area contributed by atoms with Gasteiger partial charge in [0.1, 0.15) is 25.2 Å². The Labute approximate surface area is 142 Å². The highest BCUT2D eigenvalue weighted by molar-refractivity contribution is 5.15. The molecule has 0 fully saturated rings. The van der Waals surface area contributed by atoms with E-state index in [2.05, 4.69) is 20.2 Å². The summed E-state index contributed by atoms with van der Waals surface area (Å²) >= 11 is 0. The number of rotatable bonds is 6. The van der Waals surface area contributed by atoms with Crippen LogP contribution < -0.4 is 0 Å². The van der Waals surface area contributed by atoms with Crippen LogP contribution in [0, 0.1) is 0 Å². The number of hydrogen-bond acceptors (Lipinski definition) is 4. The zero-order valence-electron chi connectivity index (χ0n) is 13.6. The highest BCUT2D eigenvalue weighted by atomic mass is 19.4. The van der Waals surface area contributed by atoms with Gasteiger partial charge in [-0.05, 0) is 18.9 Å². The average molecular weight is 350 g/mol. The van der Waals surface area contributed by atoms with Gasteiger partial charge in [-0.25, -0.2) is 19.3 Å². The highest BCUT2D eigenvalue weighted by Crippen LogP contribution is 2.22. The van der Waals surface area contributed by atoms with Crippen molar-refractivity contribution in [1.29, 1.82) is 0 Å². The van der Waals surface area contributed by atoms with Gasteiger partial charge in [0.2, 0.25) is 0 Å². The second-order valence-corrected chi connectivity index (χ2v) is 5.70. The molecule has 0 radical (unpaired) electrons. The maximum Gasteiger partial charge on any atom is 0.408 e. The molecule has 3 aromatic rings. The molecule has 0 amide bonds. The Balaban J connectivity index is 1.83. The molecule has 1 unspecified atom stereocenters. The van der Waals surface area contributed by atoms with E-state index in [0.29, 0.717) is 18.7 Å². The van der Waals surface area contributed by atoms with Crippen LogP contribution in [-0.2, 0) is 19.4 Å². The summed E-state index contributed by atoms with van der Waals surface area (Å²) in [5.74, 6) is 0.598. The topological polar surface area (TPSA) is 61.4 Å². The number of aryl methyl sites for hydroxylation is 2. The van der Waals surface area contributed by atoms with Gasteiger partial charge in [-0.15, -0.1) is 0 Å². The van der Waals surface area contributed by atoms with Crippen LogP contribution in [0.2, 0.25) is 0 Å². The molecule has 2 aromatic heterocycles. The van der Waals surface area contributed by atoms with Crippen LogP contribution in [0.3, 0.4) is 0 Å². The molecular weight excluding hydrogens is 333 g/mol. The fourth-order valence-corrected chi connectivity index (χ4v) is 2.54.